The number of ether oxygens (including phenoxy) is 2. The predicted octanol–water partition coefficient (Wildman–Crippen LogP) is 2.62. The van der Waals surface area contributed by atoms with Crippen molar-refractivity contribution in [3.63, 3.8) is 0 Å². The molecule has 29 heavy (non-hydrogen) atoms. The summed E-state index contributed by atoms with van der Waals surface area (Å²) in [5.74, 6) is 1.47. The highest BCUT2D eigenvalue weighted by Crippen LogP contribution is 2.24. The van der Waals surface area contributed by atoms with E-state index in [0.717, 1.165) is 11.5 Å². The Bertz CT molecular complexity index is 780. The van der Waals surface area contributed by atoms with Crippen LogP contribution >= 0.6 is 0 Å². The zero-order valence-corrected chi connectivity index (χ0v) is 17.2. The minimum Gasteiger partial charge on any atom is -0.454 e. The molecule has 1 aliphatic heterocycles. The molecule has 2 amide bonds. The van der Waals surface area contributed by atoms with Crippen molar-refractivity contribution in [1.82, 2.24) is 15.6 Å². The molecule has 0 radical (unpaired) electrons. The Kier molecular flexibility index (Phi) is 8.95. The molecule has 1 aromatic heterocycles. The summed E-state index contributed by atoms with van der Waals surface area (Å²) in [4.78, 5) is 28.1. The minimum absolute atomic E-state index is 0.0732. The van der Waals surface area contributed by atoms with E-state index in [1.165, 1.54) is 0 Å². The normalized spacial score (nSPS) is 14.6. The number of nitrogens with zero attached hydrogens (tertiary/aromatic N) is 1. The fourth-order valence-corrected chi connectivity index (χ4v) is 2.44. The standard InChI is InChI=1S/C18H19N3O4.C4H10/c22-17(20-8-6-13-3-2-7-19-10-13)11-21-18(23)14-4-1-5-15-16(9-14)25-12-24-15;1-4(2)3/h1-3,5,7,9-10H,4,6,8,11-12H2,(H,20,22)(H,21,23);4H,1-3H3. The zero-order chi connectivity index (χ0) is 21.1. The number of pyridine rings is 1. The van der Waals surface area contributed by atoms with E-state index in [9.17, 15) is 9.59 Å². The number of nitrogens with one attached hydrogen (secondary N) is 2. The summed E-state index contributed by atoms with van der Waals surface area (Å²) < 4.78 is 10.6. The monoisotopic (exact) mass is 399 g/mol. The van der Waals surface area contributed by atoms with Crippen molar-refractivity contribution in [2.45, 2.75) is 33.6 Å². The van der Waals surface area contributed by atoms with Gasteiger partial charge in [-0.1, -0.05) is 32.9 Å². The molecule has 2 N–H and O–H groups in total. The summed E-state index contributed by atoms with van der Waals surface area (Å²) in [7, 11) is 0. The first-order valence-electron chi connectivity index (χ1n) is 9.76. The SMILES string of the molecule is CC(C)C.O=C(CNC(=O)C1=CC2=C(C=CC1)OCO2)NCCc1cccnc1. The topological polar surface area (TPSA) is 89.6 Å². The van der Waals surface area contributed by atoms with Gasteiger partial charge in [0.2, 0.25) is 18.6 Å². The van der Waals surface area contributed by atoms with E-state index in [1.807, 2.05) is 18.2 Å². The van der Waals surface area contributed by atoms with Crippen LogP contribution in [0.4, 0.5) is 0 Å². The molecular weight excluding hydrogens is 370 g/mol. The van der Waals surface area contributed by atoms with E-state index in [0.29, 0.717) is 36.5 Å². The molecule has 156 valence electrons. The number of hydrogen-bond acceptors (Lipinski definition) is 5. The fourth-order valence-electron chi connectivity index (χ4n) is 2.44. The highest BCUT2D eigenvalue weighted by molar-refractivity contribution is 5.96. The van der Waals surface area contributed by atoms with E-state index in [1.54, 1.807) is 24.5 Å². The molecule has 0 aromatic carbocycles. The van der Waals surface area contributed by atoms with Gasteiger partial charge < -0.3 is 20.1 Å². The predicted molar refractivity (Wildman–Crippen MR) is 110 cm³/mol. The Morgan fingerprint density at radius 3 is 2.66 bits per heavy atom. The lowest BCUT2D eigenvalue weighted by atomic mass is 10.1. The summed E-state index contributed by atoms with van der Waals surface area (Å²) in [5.41, 5.74) is 1.57. The third-order valence-corrected chi connectivity index (χ3v) is 3.74. The molecule has 0 unspecified atom stereocenters. The first-order valence-corrected chi connectivity index (χ1v) is 9.76. The van der Waals surface area contributed by atoms with Crippen molar-refractivity contribution in [3.8, 4) is 0 Å². The van der Waals surface area contributed by atoms with Crippen molar-refractivity contribution in [1.29, 1.82) is 0 Å². The molecule has 3 rings (SSSR count). The largest absolute Gasteiger partial charge is 0.454 e. The first-order chi connectivity index (χ1) is 14.0. The van der Waals surface area contributed by atoms with Crippen LogP contribution < -0.4 is 10.6 Å². The van der Waals surface area contributed by atoms with Crippen molar-refractivity contribution in [2.75, 3.05) is 19.9 Å². The van der Waals surface area contributed by atoms with Gasteiger partial charge in [-0.3, -0.25) is 14.6 Å². The molecule has 1 aliphatic carbocycles. The average Bonchev–Trinajstić information content (AvgIpc) is 3.03. The maximum atomic E-state index is 12.2. The quantitative estimate of drug-likeness (QED) is 0.768. The van der Waals surface area contributed by atoms with E-state index in [-0.39, 0.29) is 25.2 Å². The molecule has 0 spiro atoms. The second kappa shape index (κ2) is 11.7. The van der Waals surface area contributed by atoms with Gasteiger partial charge in [0.05, 0.1) is 6.54 Å². The second-order valence-corrected chi connectivity index (χ2v) is 7.29. The number of carbonyl (C=O) groups is 2. The number of hydrogen-bond donors (Lipinski definition) is 2. The van der Waals surface area contributed by atoms with Gasteiger partial charge in [0, 0.05) is 24.5 Å². The molecule has 1 aromatic rings. The van der Waals surface area contributed by atoms with Crippen molar-refractivity contribution >= 4 is 11.8 Å². The number of carbonyl (C=O) groups excluding carboxylic acids is 2. The van der Waals surface area contributed by atoms with Gasteiger partial charge in [-0.05, 0) is 42.5 Å². The Balaban J connectivity index is 0.000000687. The summed E-state index contributed by atoms with van der Waals surface area (Å²) in [6, 6.07) is 3.80. The molecule has 2 heterocycles. The number of allylic oxidation sites excluding steroid dienone is 3. The second-order valence-electron chi connectivity index (χ2n) is 7.29. The Morgan fingerprint density at radius 2 is 1.93 bits per heavy atom. The highest BCUT2D eigenvalue weighted by Gasteiger charge is 2.19. The van der Waals surface area contributed by atoms with Gasteiger partial charge in [-0.15, -0.1) is 0 Å². The first kappa shape index (κ1) is 22.2. The zero-order valence-electron chi connectivity index (χ0n) is 17.2. The lowest BCUT2D eigenvalue weighted by Gasteiger charge is -2.08. The molecule has 7 nitrogen and oxygen atoms in total. The van der Waals surface area contributed by atoms with Crippen LogP contribution in [0.1, 0.15) is 32.8 Å². The van der Waals surface area contributed by atoms with Gasteiger partial charge >= 0.3 is 0 Å². The molecule has 0 fully saturated rings. The maximum absolute atomic E-state index is 12.2. The van der Waals surface area contributed by atoms with Gasteiger partial charge in [0.15, 0.2) is 11.5 Å². The van der Waals surface area contributed by atoms with Crippen LogP contribution in [-0.2, 0) is 25.5 Å². The minimum atomic E-state index is -0.295. The average molecular weight is 399 g/mol. The van der Waals surface area contributed by atoms with E-state index in [4.69, 9.17) is 9.47 Å². The Labute approximate surface area is 171 Å². The van der Waals surface area contributed by atoms with Crippen LogP contribution in [-0.4, -0.2) is 36.7 Å². The van der Waals surface area contributed by atoms with E-state index < -0.39 is 0 Å². The Morgan fingerprint density at radius 1 is 1.17 bits per heavy atom. The Hall–Kier alpha value is -3.09. The van der Waals surface area contributed by atoms with Crippen molar-refractivity contribution in [2.24, 2.45) is 5.92 Å². The van der Waals surface area contributed by atoms with Crippen LogP contribution in [0.15, 0.2) is 59.8 Å². The van der Waals surface area contributed by atoms with Crippen molar-refractivity contribution in [3.05, 3.63) is 65.4 Å². The highest BCUT2D eigenvalue weighted by atomic mass is 16.7. The van der Waals surface area contributed by atoms with Gasteiger partial charge in [0.25, 0.3) is 0 Å². The van der Waals surface area contributed by atoms with Crippen LogP contribution in [0.3, 0.4) is 0 Å². The molecule has 0 saturated heterocycles. The van der Waals surface area contributed by atoms with Crippen LogP contribution in [0.2, 0.25) is 0 Å². The molecule has 2 aliphatic rings. The number of rotatable bonds is 6. The third kappa shape index (κ3) is 8.21. The summed E-state index contributed by atoms with van der Waals surface area (Å²) in [6.45, 7) is 7.07. The molecule has 0 atom stereocenters. The molecule has 0 saturated carbocycles. The van der Waals surface area contributed by atoms with Gasteiger partial charge in [0.1, 0.15) is 0 Å². The summed E-state index contributed by atoms with van der Waals surface area (Å²) in [6.07, 6.45) is 9.87. The summed E-state index contributed by atoms with van der Waals surface area (Å²) in [5, 5.41) is 5.39. The van der Waals surface area contributed by atoms with Gasteiger partial charge in [-0.2, -0.15) is 0 Å². The summed E-state index contributed by atoms with van der Waals surface area (Å²) >= 11 is 0. The van der Waals surface area contributed by atoms with Crippen LogP contribution in [0.25, 0.3) is 0 Å². The van der Waals surface area contributed by atoms with E-state index in [2.05, 4.69) is 36.4 Å². The van der Waals surface area contributed by atoms with Crippen LogP contribution in [0.5, 0.6) is 0 Å². The number of aromatic nitrogens is 1. The lowest BCUT2D eigenvalue weighted by molar-refractivity contribution is -0.124. The molecule has 7 heteroatoms. The van der Waals surface area contributed by atoms with Crippen LogP contribution in [0, 0.1) is 5.92 Å². The molecule has 0 bridgehead atoms. The van der Waals surface area contributed by atoms with Gasteiger partial charge in [-0.25, -0.2) is 0 Å². The fraction of sp³-hybridized carbons (Fsp3) is 0.409. The van der Waals surface area contributed by atoms with E-state index >= 15 is 0 Å². The third-order valence-electron chi connectivity index (χ3n) is 3.74. The molecular formula is C22H29N3O4. The van der Waals surface area contributed by atoms with Crippen molar-refractivity contribution < 1.29 is 19.1 Å². The smallest absolute Gasteiger partial charge is 0.248 e. The lowest BCUT2D eigenvalue weighted by Crippen LogP contribution is -2.38. The number of amides is 2. The maximum Gasteiger partial charge on any atom is 0.248 e.